The Labute approximate surface area is 172 Å². The highest BCUT2D eigenvalue weighted by Gasteiger charge is 2.31. The molecule has 0 saturated carbocycles. The molecule has 170 valence electrons. The Morgan fingerprint density at radius 2 is 1.04 bits per heavy atom. The quantitative estimate of drug-likeness (QED) is 0.174. The molecule has 0 aromatic heterocycles. The fourth-order valence-corrected chi connectivity index (χ4v) is 6.43. The number of hydrogen-bond donors (Lipinski definition) is 1. The van der Waals surface area contributed by atoms with Crippen LogP contribution in [-0.2, 0) is 27.2 Å². The molecule has 0 aromatic rings. The first-order valence-electron chi connectivity index (χ1n) is 10.9. The Bertz CT molecular complexity index is 444. The molecule has 0 aliphatic rings. The molecule has 0 aliphatic heterocycles. The highest BCUT2D eigenvalue weighted by atomic mass is 31.2. The maximum atomic E-state index is 12.5. The molecule has 9 heteroatoms. The molecule has 1 atom stereocenters. The zero-order valence-electron chi connectivity index (χ0n) is 18.4. The van der Waals surface area contributed by atoms with Crippen LogP contribution in [0, 0.1) is 0 Å². The van der Waals surface area contributed by atoms with Crippen molar-refractivity contribution in [3.63, 3.8) is 0 Å². The SMILES string of the molecule is CCOP(=O)(CCCCCCCCCCC(N)P(=O)(OCC)OCC)OCC. The first kappa shape index (κ1) is 28.3. The third-order valence-electron chi connectivity index (χ3n) is 4.36. The van der Waals surface area contributed by atoms with Crippen molar-refractivity contribution >= 4 is 15.2 Å². The summed E-state index contributed by atoms with van der Waals surface area (Å²) in [5.74, 6) is -0.543. The Balaban J connectivity index is 3.76. The van der Waals surface area contributed by atoms with E-state index in [-0.39, 0.29) is 0 Å². The summed E-state index contributed by atoms with van der Waals surface area (Å²) in [6.45, 7) is 8.80. The van der Waals surface area contributed by atoms with E-state index in [1.165, 1.54) is 6.42 Å². The highest BCUT2D eigenvalue weighted by molar-refractivity contribution is 7.54. The molecular formula is C19H43NO6P2. The highest BCUT2D eigenvalue weighted by Crippen LogP contribution is 2.52. The molecule has 0 heterocycles. The second-order valence-corrected chi connectivity index (χ2v) is 11.2. The molecule has 0 spiro atoms. The van der Waals surface area contributed by atoms with Gasteiger partial charge in [0.05, 0.1) is 32.6 Å². The molecule has 0 radical (unpaired) electrons. The Morgan fingerprint density at radius 3 is 1.46 bits per heavy atom. The molecule has 0 bridgehead atoms. The minimum atomic E-state index is -3.17. The Kier molecular flexibility index (Phi) is 17.2. The summed E-state index contributed by atoms with van der Waals surface area (Å²) < 4.78 is 46.0. The van der Waals surface area contributed by atoms with E-state index < -0.39 is 21.0 Å². The maximum absolute atomic E-state index is 12.5. The molecule has 1 unspecified atom stereocenters. The summed E-state index contributed by atoms with van der Waals surface area (Å²) >= 11 is 0. The maximum Gasteiger partial charge on any atom is 0.347 e. The van der Waals surface area contributed by atoms with Crippen LogP contribution >= 0.6 is 15.2 Å². The van der Waals surface area contributed by atoms with Gasteiger partial charge in [-0.2, -0.15) is 0 Å². The zero-order valence-corrected chi connectivity index (χ0v) is 20.2. The van der Waals surface area contributed by atoms with Crippen LogP contribution in [0.5, 0.6) is 0 Å². The van der Waals surface area contributed by atoms with Crippen molar-refractivity contribution in [2.45, 2.75) is 91.3 Å². The topological polar surface area (TPSA) is 97.1 Å². The van der Waals surface area contributed by atoms with Crippen LogP contribution in [0.1, 0.15) is 85.5 Å². The first-order valence-corrected chi connectivity index (χ1v) is 14.2. The summed E-state index contributed by atoms with van der Waals surface area (Å²) in [7, 11) is -6.05. The van der Waals surface area contributed by atoms with Crippen LogP contribution in [0.25, 0.3) is 0 Å². The summed E-state index contributed by atoms with van der Waals surface area (Å²) in [5, 5.41) is 0. The molecule has 7 nitrogen and oxygen atoms in total. The summed E-state index contributed by atoms with van der Waals surface area (Å²) in [4.78, 5) is 0. The van der Waals surface area contributed by atoms with Crippen LogP contribution in [0.3, 0.4) is 0 Å². The van der Waals surface area contributed by atoms with Gasteiger partial charge in [-0.3, -0.25) is 9.13 Å². The lowest BCUT2D eigenvalue weighted by molar-refractivity contribution is 0.210. The lowest BCUT2D eigenvalue weighted by Crippen LogP contribution is -2.23. The number of hydrogen-bond acceptors (Lipinski definition) is 7. The zero-order chi connectivity index (χ0) is 21.3. The molecule has 28 heavy (non-hydrogen) atoms. The van der Waals surface area contributed by atoms with Crippen molar-refractivity contribution in [2.75, 3.05) is 32.6 Å². The van der Waals surface area contributed by atoms with Crippen molar-refractivity contribution in [2.24, 2.45) is 5.73 Å². The largest absolute Gasteiger partial charge is 0.347 e. The monoisotopic (exact) mass is 443 g/mol. The van der Waals surface area contributed by atoms with Gasteiger partial charge in [-0.05, 0) is 40.5 Å². The second-order valence-electron chi connectivity index (χ2n) is 6.73. The van der Waals surface area contributed by atoms with E-state index in [4.69, 9.17) is 23.8 Å². The van der Waals surface area contributed by atoms with E-state index in [0.717, 1.165) is 44.9 Å². The van der Waals surface area contributed by atoms with Gasteiger partial charge in [-0.25, -0.2) is 0 Å². The second kappa shape index (κ2) is 17.0. The molecule has 0 amide bonds. The van der Waals surface area contributed by atoms with Gasteiger partial charge >= 0.3 is 15.2 Å². The van der Waals surface area contributed by atoms with Crippen LogP contribution in [0.4, 0.5) is 0 Å². The molecule has 0 fully saturated rings. The molecular weight excluding hydrogens is 400 g/mol. The predicted molar refractivity (Wildman–Crippen MR) is 116 cm³/mol. The van der Waals surface area contributed by atoms with Crippen molar-refractivity contribution < 1.29 is 27.2 Å². The average molecular weight is 444 g/mol. The van der Waals surface area contributed by atoms with E-state index in [0.29, 0.717) is 39.0 Å². The lowest BCUT2D eigenvalue weighted by atomic mass is 10.1. The smallest absolute Gasteiger partial charge is 0.318 e. The van der Waals surface area contributed by atoms with Crippen LogP contribution in [-0.4, -0.2) is 38.4 Å². The average Bonchev–Trinajstić information content (AvgIpc) is 2.63. The van der Waals surface area contributed by atoms with Gasteiger partial charge in [0.1, 0.15) is 5.78 Å². The lowest BCUT2D eigenvalue weighted by Gasteiger charge is -2.23. The van der Waals surface area contributed by atoms with Gasteiger partial charge < -0.3 is 23.8 Å². The van der Waals surface area contributed by atoms with Crippen LogP contribution in [0.2, 0.25) is 0 Å². The van der Waals surface area contributed by atoms with Gasteiger partial charge in [-0.15, -0.1) is 0 Å². The van der Waals surface area contributed by atoms with Gasteiger partial charge in [0.25, 0.3) is 0 Å². The minimum Gasteiger partial charge on any atom is -0.318 e. The van der Waals surface area contributed by atoms with Crippen LogP contribution in [0.15, 0.2) is 0 Å². The van der Waals surface area contributed by atoms with E-state index in [2.05, 4.69) is 0 Å². The summed E-state index contributed by atoms with van der Waals surface area (Å²) in [6.07, 6.45) is 9.66. The van der Waals surface area contributed by atoms with E-state index in [1.807, 2.05) is 13.8 Å². The van der Waals surface area contributed by atoms with Crippen molar-refractivity contribution in [1.29, 1.82) is 0 Å². The molecule has 0 aromatic carbocycles. The van der Waals surface area contributed by atoms with Crippen molar-refractivity contribution in [3.8, 4) is 0 Å². The minimum absolute atomic E-state index is 0.343. The molecule has 0 aliphatic carbocycles. The predicted octanol–water partition coefficient (Wildman–Crippen LogP) is 6.31. The van der Waals surface area contributed by atoms with Gasteiger partial charge in [0.2, 0.25) is 0 Å². The van der Waals surface area contributed by atoms with E-state index >= 15 is 0 Å². The Hall–Kier alpha value is 0.260. The van der Waals surface area contributed by atoms with E-state index in [1.54, 1.807) is 13.8 Å². The first-order chi connectivity index (χ1) is 13.4. The fourth-order valence-electron chi connectivity index (χ4n) is 3.03. The van der Waals surface area contributed by atoms with Gasteiger partial charge in [-0.1, -0.05) is 44.9 Å². The molecule has 0 rings (SSSR count). The van der Waals surface area contributed by atoms with Crippen molar-refractivity contribution in [1.82, 2.24) is 0 Å². The standard InChI is InChI=1S/C19H43NO6P2/c1-5-23-27(21,24-6-2)18-16-14-12-10-9-11-13-15-17-19(20)28(22,25-7-3)26-8-4/h19H,5-18,20H2,1-4H3. The fraction of sp³-hybridized carbons (Fsp3) is 1.00. The normalized spacial score (nSPS) is 13.8. The summed E-state index contributed by atoms with van der Waals surface area (Å²) in [6, 6.07) is 0. The number of rotatable bonds is 20. The van der Waals surface area contributed by atoms with Gasteiger partial charge in [0.15, 0.2) is 0 Å². The van der Waals surface area contributed by atoms with Crippen molar-refractivity contribution in [3.05, 3.63) is 0 Å². The summed E-state index contributed by atoms with van der Waals surface area (Å²) in [5.41, 5.74) is 6.04. The third kappa shape index (κ3) is 12.7. The van der Waals surface area contributed by atoms with Gasteiger partial charge in [0, 0.05) is 0 Å². The Morgan fingerprint density at radius 1 is 0.643 bits per heavy atom. The van der Waals surface area contributed by atoms with Crippen LogP contribution < -0.4 is 5.73 Å². The molecule has 0 saturated heterocycles. The third-order valence-corrected chi connectivity index (χ3v) is 8.83. The number of unbranched alkanes of at least 4 members (excludes halogenated alkanes) is 7. The number of nitrogens with two attached hydrogens (primary N) is 1. The molecule has 2 N–H and O–H groups in total. The van der Waals surface area contributed by atoms with E-state index in [9.17, 15) is 9.13 Å².